The third-order valence-corrected chi connectivity index (χ3v) is 5.25. The van der Waals surface area contributed by atoms with Crippen LogP contribution in [0.4, 0.5) is 37.7 Å². The molecule has 0 aliphatic carbocycles. The van der Waals surface area contributed by atoms with Crippen molar-refractivity contribution >= 4 is 11.4 Å². The molecular weight excluding hydrogens is 416 g/mol. The molecule has 0 unspecified atom stereocenters. The fourth-order valence-corrected chi connectivity index (χ4v) is 3.65. The summed E-state index contributed by atoms with van der Waals surface area (Å²) in [6.07, 6.45) is -9.27. The fourth-order valence-electron chi connectivity index (χ4n) is 3.65. The number of anilines is 2. The van der Waals surface area contributed by atoms with Crippen LogP contribution in [-0.4, -0.2) is 7.05 Å². The highest BCUT2D eigenvalue weighted by Gasteiger charge is 2.36. The maximum absolute atomic E-state index is 13.9. The Morgan fingerprint density at radius 1 is 0.581 bits per heavy atom. The van der Waals surface area contributed by atoms with Crippen molar-refractivity contribution in [1.29, 1.82) is 0 Å². The Hall–Kier alpha value is -2.96. The maximum Gasteiger partial charge on any atom is 0.418 e. The lowest BCUT2D eigenvalue weighted by molar-refractivity contribution is -0.138. The molecule has 0 amide bonds. The van der Waals surface area contributed by atoms with Crippen LogP contribution in [0, 0.1) is 20.8 Å². The van der Waals surface area contributed by atoms with Crippen LogP contribution < -0.4 is 4.90 Å². The van der Waals surface area contributed by atoms with Gasteiger partial charge in [0.2, 0.25) is 0 Å². The van der Waals surface area contributed by atoms with E-state index in [-0.39, 0.29) is 22.4 Å². The molecule has 0 fully saturated rings. The third-order valence-electron chi connectivity index (χ3n) is 5.25. The molecule has 3 aromatic rings. The van der Waals surface area contributed by atoms with E-state index in [0.29, 0.717) is 5.69 Å². The second-order valence-electron chi connectivity index (χ2n) is 7.61. The number of halogens is 6. The monoisotopic (exact) mass is 437 g/mol. The highest BCUT2D eigenvalue weighted by molar-refractivity contribution is 5.75. The molecule has 0 aromatic heterocycles. The van der Waals surface area contributed by atoms with Crippen LogP contribution in [0.1, 0.15) is 27.8 Å². The first-order valence-corrected chi connectivity index (χ1v) is 9.49. The van der Waals surface area contributed by atoms with Gasteiger partial charge in [0.15, 0.2) is 0 Å². The van der Waals surface area contributed by atoms with Gasteiger partial charge < -0.3 is 4.90 Å². The van der Waals surface area contributed by atoms with Crippen LogP contribution >= 0.6 is 0 Å². The Labute approximate surface area is 176 Å². The molecule has 31 heavy (non-hydrogen) atoms. The number of hydrogen-bond acceptors (Lipinski definition) is 1. The molecule has 0 radical (unpaired) electrons. The standard InChI is InChI=1S/C24H21F6N/c1-14-5-9-21(16(3)11-14)31(4)22-10-8-18(13-20(22)24(28,29)30)17-7-6-15(2)19(12-17)23(25,26)27/h5-13H,1-4H3. The number of hydrogen-bond donors (Lipinski definition) is 0. The smallest absolute Gasteiger partial charge is 0.344 e. The van der Waals surface area contributed by atoms with Crippen molar-refractivity contribution in [2.75, 3.05) is 11.9 Å². The summed E-state index contributed by atoms with van der Waals surface area (Å²) >= 11 is 0. The Kier molecular flexibility index (Phi) is 5.82. The highest BCUT2D eigenvalue weighted by Crippen LogP contribution is 2.42. The molecule has 3 aromatic carbocycles. The predicted octanol–water partition coefficient (Wildman–Crippen LogP) is 8.08. The highest BCUT2D eigenvalue weighted by atomic mass is 19.4. The molecule has 0 bridgehead atoms. The van der Waals surface area contributed by atoms with Crippen LogP contribution in [0.5, 0.6) is 0 Å². The van der Waals surface area contributed by atoms with E-state index in [1.165, 1.54) is 43.1 Å². The molecular formula is C24H21F6N. The summed E-state index contributed by atoms with van der Waals surface area (Å²) in [5, 5.41) is 0. The van der Waals surface area contributed by atoms with E-state index >= 15 is 0 Å². The summed E-state index contributed by atoms with van der Waals surface area (Å²) in [7, 11) is 1.54. The maximum atomic E-state index is 13.9. The van der Waals surface area contributed by atoms with Gasteiger partial charge in [-0.15, -0.1) is 0 Å². The second kappa shape index (κ2) is 7.94. The normalized spacial score (nSPS) is 12.2. The Bertz CT molecular complexity index is 1110. The average molecular weight is 437 g/mol. The van der Waals surface area contributed by atoms with Crippen LogP contribution in [0.3, 0.4) is 0 Å². The molecule has 0 saturated carbocycles. The summed E-state index contributed by atoms with van der Waals surface area (Å²) < 4.78 is 81.5. The lowest BCUT2D eigenvalue weighted by Gasteiger charge is -2.26. The Balaban J connectivity index is 2.14. The first-order valence-electron chi connectivity index (χ1n) is 9.49. The zero-order valence-corrected chi connectivity index (χ0v) is 17.4. The van der Waals surface area contributed by atoms with E-state index in [2.05, 4.69) is 0 Å². The van der Waals surface area contributed by atoms with E-state index in [1.807, 2.05) is 26.0 Å². The lowest BCUT2D eigenvalue weighted by Crippen LogP contribution is -2.17. The molecule has 0 saturated heterocycles. The van der Waals surface area contributed by atoms with Crippen molar-refractivity contribution in [3.8, 4) is 11.1 Å². The van der Waals surface area contributed by atoms with Gasteiger partial charge in [0.25, 0.3) is 0 Å². The summed E-state index contributed by atoms with van der Waals surface area (Å²) in [6.45, 7) is 5.02. The van der Waals surface area contributed by atoms with E-state index in [4.69, 9.17) is 0 Å². The summed E-state index contributed by atoms with van der Waals surface area (Å²) in [5.74, 6) is 0. The van der Waals surface area contributed by atoms with Gasteiger partial charge in [0.05, 0.1) is 16.8 Å². The molecule has 0 heterocycles. The lowest BCUT2D eigenvalue weighted by atomic mass is 9.97. The fraction of sp³-hybridized carbons (Fsp3) is 0.250. The van der Waals surface area contributed by atoms with E-state index < -0.39 is 23.5 Å². The van der Waals surface area contributed by atoms with Gasteiger partial charge >= 0.3 is 12.4 Å². The molecule has 1 nitrogen and oxygen atoms in total. The minimum atomic E-state index is -4.68. The molecule has 7 heteroatoms. The van der Waals surface area contributed by atoms with Gasteiger partial charge in [0.1, 0.15) is 0 Å². The Morgan fingerprint density at radius 3 is 1.65 bits per heavy atom. The van der Waals surface area contributed by atoms with Crippen LogP contribution in [0.2, 0.25) is 0 Å². The molecule has 0 atom stereocenters. The van der Waals surface area contributed by atoms with Crippen molar-refractivity contribution in [3.05, 3.63) is 82.4 Å². The second-order valence-corrected chi connectivity index (χ2v) is 7.61. The van der Waals surface area contributed by atoms with Crippen molar-refractivity contribution in [3.63, 3.8) is 0 Å². The summed E-state index contributed by atoms with van der Waals surface area (Å²) in [4.78, 5) is 1.44. The summed E-state index contributed by atoms with van der Waals surface area (Å²) in [5.41, 5.74) is 0.703. The largest absolute Gasteiger partial charge is 0.418 e. The van der Waals surface area contributed by atoms with Gasteiger partial charge in [-0.1, -0.05) is 35.9 Å². The molecule has 0 aliphatic heterocycles. The number of rotatable bonds is 3. The number of nitrogens with zero attached hydrogens (tertiary/aromatic N) is 1. The summed E-state index contributed by atoms with van der Waals surface area (Å²) in [6, 6.07) is 12.6. The topological polar surface area (TPSA) is 3.24 Å². The first-order chi connectivity index (χ1) is 14.3. The quantitative estimate of drug-likeness (QED) is 0.374. The molecule has 3 rings (SSSR count). The van der Waals surface area contributed by atoms with E-state index in [0.717, 1.165) is 23.3 Å². The molecule has 0 aliphatic rings. The van der Waals surface area contributed by atoms with Gasteiger partial charge in [-0.3, -0.25) is 0 Å². The number of alkyl halides is 6. The van der Waals surface area contributed by atoms with Gasteiger partial charge in [-0.05, 0) is 67.3 Å². The minimum Gasteiger partial charge on any atom is -0.344 e. The van der Waals surface area contributed by atoms with Crippen molar-refractivity contribution in [1.82, 2.24) is 0 Å². The van der Waals surface area contributed by atoms with Crippen LogP contribution in [0.25, 0.3) is 11.1 Å². The van der Waals surface area contributed by atoms with Crippen LogP contribution in [0.15, 0.2) is 54.6 Å². The van der Waals surface area contributed by atoms with Gasteiger partial charge in [-0.2, -0.15) is 26.3 Å². The van der Waals surface area contributed by atoms with E-state index in [1.54, 1.807) is 6.07 Å². The van der Waals surface area contributed by atoms with E-state index in [9.17, 15) is 26.3 Å². The molecule has 0 spiro atoms. The van der Waals surface area contributed by atoms with Crippen molar-refractivity contribution in [2.24, 2.45) is 0 Å². The average Bonchev–Trinajstić information content (AvgIpc) is 2.66. The van der Waals surface area contributed by atoms with Crippen molar-refractivity contribution in [2.45, 2.75) is 33.1 Å². The zero-order chi connectivity index (χ0) is 23.1. The zero-order valence-electron chi connectivity index (χ0n) is 17.4. The van der Waals surface area contributed by atoms with Gasteiger partial charge in [0, 0.05) is 12.7 Å². The molecule has 164 valence electrons. The number of benzene rings is 3. The van der Waals surface area contributed by atoms with Gasteiger partial charge in [-0.25, -0.2) is 0 Å². The van der Waals surface area contributed by atoms with Crippen LogP contribution in [-0.2, 0) is 12.4 Å². The van der Waals surface area contributed by atoms with Crippen molar-refractivity contribution < 1.29 is 26.3 Å². The Morgan fingerprint density at radius 2 is 1.10 bits per heavy atom. The predicted molar refractivity (Wildman–Crippen MR) is 111 cm³/mol. The first kappa shape index (κ1) is 22.7. The number of aryl methyl sites for hydroxylation is 3. The molecule has 0 N–H and O–H groups in total. The third kappa shape index (κ3) is 4.70. The minimum absolute atomic E-state index is 0.0125. The SMILES string of the molecule is Cc1ccc(N(C)c2ccc(-c3ccc(C)c(C(F)(F)F)c3)cc2C(F)(F)F)c(C)c1.